The van der Waals surface area contributed by atoms with E-state index in [-0.39, 0.29) is 6.42 Å². The van der Waals surface area contributed by atoms with Gasteiger partial charge in [0.2, 0.25) is 0 Å². The van der Waals surface area contributed by atoms with Gasteiger partial charge in [-0.15, -0.1) is 0 Å². The van der Waals surface area contributed by atoms with Crippen LogP contribution in [0.15, 0.2) is 22.7 Å². The quantitative estimate of drug-likeness (QED) is 0.816. The third-order valence-electron chi connectivity index (χ3n) is 2.19. The zero-order valence-corrected chi connectivity index (χ0v) is 10.8. The lowest BCUT2D eigenvalue weighted by molar-refractivity contribution is -0.137. The van der Waals surface area contributed by atoms with E-state index in [0.29, 0.717) is 13.0 Å². The van der Waals surface area contributed by atoms with Gasteiger partial charge in [-0.25, -0.2) is 0 Å². The molecule has 1 aromatic rings. The third kappa shape index (κ3) is 4.66. The molecule has 0 aromatic heterocycles. The van der Waals surface area contributed by atoms with Gasteiger partial charge in [0.25, 0.3) is 0 Å². The van der Waals surface area contributed by atoms with Crippen molar-refractivity contribution >= 4 is 21.9 Å². The average molecular weight is 287 g/mol. The van der Waals surface area contributed by atoms with Crippen molar-refractivity contribution in [3.63, 3.8) is 0 Å². The smallest absolute Gasteiger partial charge is 0.303 e. The fourth-order valence-corrected chi connectivity index (χ4v) is 1.63. The maximum Gasteiger partial charge on any atom is 0.303 e. The molecule has 1 aromatic carbocycles. The molecule has 88 valence electrons. The van der Waals surface area contributed by atoms with E-state index in [2.05, 4.69) is 15.9 Å². The number of carboxylic acids is 1. The van der Waals surface area contributed by atoms with Gasteiger partial charge in [-0.2, -0.15) is 0 Å². The van der Waals surface area contributed by atoms with Crippen LogP contribution in [0.1, 0.15) is 24.8 Å². The number of carbonyl (C=O) groups is 1. The molecule has 0 fully saturated rings. The predicted molar refractivity (Wildman–Crippen MR) is 65.9 cm³/mol. The van der Waals surface area contributed by atoms with Crippen molar-refractivity contribution in [2.24, 2.45) is 0 Å². The number of aliphatic carboxylic acids is 1. The van der Waals surface area contributed by atoms with Crippen molar-refractivity contribution in [2.45, 2.75) is 26.2 Å². The number of unbranched alkanes of at least 4 members (excludes halogenated alkanes) is 1. The number of hydrogen-bond donors (Lipinski definition) is 1. The summed E-state index contributed by atoms with van der Waals surface area (Å²) < 4.78 is 6.56. The fourth-order valence-electron chi connectivity index (χ4n) is 1.29. The first-order valence-corrected chi connectivity index (χ1v) is 5.99. The van der Waals surface area contributed by atoms with Gasteiger partial charge < -0.3 is 9.84 Å². The van der Waals surface area contributed by atoms with Crippen LogP contribution in [0.2, 0.25) is 0 Å². The summed E-state index contributed by atoms with van der Waals surface area (Å²) in [5.74, 6) is 0.100. The van der Waals surface area contributed by atoms with E-state index in [1.54, 1.807) is 0 Å². The summed E-state index contributed by atoms with van der Waals surface area (Å²) in [5, 5.41) is 8.46. The van der Waals surface area contributed by atoms with Crippen molar-refractivity contribution in [1.82, 2.24) is 0 Å². The molecule has 0 spiro atoms. The lowest BCUT2D eigenvalue weighted by atomic mass is 10.2. The molecule has 1 rings (SSSR count). The van der Waals surface area contributed by atoms with Gasteiger partial charge in [-0.3, -0.25) is 4.79 Å². The molecule has 1 N–H and O–H groups in total. The van der Waals surface area contributed by atoms with Crippen LogP contribution in [-0.4, -0.2) is 17.7 Å². The number of aryl methyl sites for hydroxylation is 1. The summed E-state index contributed by atoms with van der Waals surface area (Å²) in [6.45, 7) is 2.55. The lowest BCUT2D eigenvalue weighted by Gasteiger charge is -2.08. The summed E-state index contributed by atoms with van der Waals surface area (Å²) in [6, 6.07) is 5.87. The monoisotopic (exact) mass is 286 g/mol. The molecule has 16 heavy (non-hydrogen) atoms. The van der Waals surface area contributed by atoms with E-state index >= 15 is 0 Å². The Morgan fingerprint density at radius 3 is 2.88 bits per heavy atom. The van der Waals surface area contributed by atoms with Crippen LogP contribution in [-0.2, 0) is 4.79 Å². The van der Waals surface area contributed by atoms with Crippen LogP contribution in [0.5, 0.6) is 5.75 Å². The number of halogens is 1. The van der Waals surface area contributed by atoms with Crippen molar-refractivity contribution < 1.29 is 14.6 Å². The van der Waals surface area contributed by atoms with E-state index in [1.165, 1.54) is 0 Å². The molecule has 0 atom stereocenters. The highest BCUT2D eigenvalue weighted by Gasteiger charge is 2.01. The predicted octanol–water partition coefficient (Wildman–Crippen LogP) is 3.39. The minimum atomic E-state index is -0.751. The Morgan fingerprint density at radius 2 is 2.19 bits per heavy atom. The second kappa shape index (κ2) is 6.53. The van der Waals surface area contributed by atoms with E-state index in [4.69, 9.17) is 9.84 Å². The molecule has 0 saturated heterocycles. The Kier molecular flexibility index (Phi) is 5.32. The molecule has 0 heterocycles. The zero-order valence-electron chi connectivity index (χ0n) is 9.20. The third-order valence-corrected chi connectivity index (χ3v) is 2.69. The molecule has 0 aliphatic rings. The summed E-state index contributed by atoms with van der Waals surface area (Å²) in [5.41, 5.74) is 1.08. The maximum atomic E-state index is 10.3. The standard InChI is InChI=1S/C12H15BrO3/c1-9-5-6-10(13)8-11(9)16-7-3-2-4-12(14)15/h5-6,8H,2-4,7H2,1H3,(H,14,15). The number of carboxylic acid groups (broad SMARTS) is 1. The van der Waals surface area contributed by atoms with Crippen molar-refractivity contribution in [1.29, 1.82) is 0 Å². The highest BCUT2D eigenvalue weighted by atomic mass is 79.9. The van der Waals surface area contributed by atoms with Crippen LogP contribution in [0.25, 0.3) is 0 Å². The van der Waals surface area contributed by atoms with Gasteiger partial charge in [-0.05, 0) is 37.5 Å². The second-order valence-electron chi connectivity index (χ2n) is 3.61. The first-order valence-electron chi connectivity index (χ1n) is 5.20. The lowest BCUT2D eigenvalue weighted by Crippen LogP contribution is -2.01. The fraction of sp³-hybridized carbons (Fsp3) is 0.417. The van der Waals surface area contributed by atoms with Crippen LogP contribution in [0, 0.1) is 6.92 Å². The maximum absolute atomic E-state index is 10.3. The molecular weight excluding hydrogens is 272 g/mol. The van der Waals surface area contributed by atoms with Gasteiger partial charge in [0.05, 0.1) is 6.61 Å². The number of hydrogen-bond acceptors (Lipinski definition) is 2. The van der Waals surface area contributed by atoms with Crippen LogP contribution in [0.4, 0.5) is 0 Å². The summed E-state index contributed by atoms with van der Waals surface area (Å²) in [4.78, 5) is 10.3. The first kappa shape index (κ1) is 13.0. The summed E-state index contributed by atoms with van der Waals surface area (Å²) in [7, 11) is 0. The molecular formula is C12H15BrO3. The van der Waals surface area contributed by atoms with Crippen LogP contribution < -0.4 is 4.74 Å². The zero-order chi connectivity index (χ0) is 12.0. The SMILES string of the molecule is Cc1ccc(Br)cc1OCCCCC(=O)O. The molecule has 0 aliphatic carbocycles. The highest BCUT2D eigenvalue weighted by Crippen LogP contribution is 2.23. The van der Waals surface area contributed by atoms with Gasteiger partial charge >= 0.3 is 5.97 Å². The molecule has 4 heteroatoms. The van der Waals surface area contributed by atoms with E-state index < -0.39 is 5.97 Å². The Morgan fingerprint density at radius 1 is 1.44 bits per heavy atom. The normalized spacial score (nSPS) is 10.1. The summed E-state index contributed by atoms with van der Waals surface area (Å²) in [6.07, 6.45) is 1.63. The summed E-state index contributed by atoms with van der Waals surface area (Å²) >= 11 is 3.38. The molecule has 0 bridgehead atoms. The Labute approximate surface area is 104 Å². The van der Waals surface area contributed by atoms with Crippen LogP contribution in [0.3, 0.4) is 0 Å². The van der Waals surface area contributed by atoms with Gasteiger partial charge in [-0.1, -0.05) is 22.0 Å². The average Bonchev–Trinajstić information content (AvgIpc) is 2.22. The number of rotatable bonds is 6. The van der Waals surface area contributed by atoms with E-state index in [9.17, 15) is 4.79 Å². The van der Waals surface area contributed by atoms with Crippen molar-refractivity contribution in [2.75, 3.05) is 6.61 Å². The van der Waals surface area contributed by atoms with Gasteiger partial charge in [0, 0.05) is 10.9 Å². The first-order chi connectivity index (χ1) is 7.59. The van der Waals surface area contributed by atoms with Gasteiger partial charge in [0.1, 0.15) is 5.75 Å². The molecule has 0 radical (unpaired) electrons. The molecule has 0 unspecified atom stereocenters. The largest absolute Gasteiger partial charge is 0.493 e. The molecule has 0 aliphatic heterocycles. The van der Waals surface area contributed by atoms with E-state index in [0.717, 1.165) is 22.2 Å². The molecule has 0 amide bonds. The minimum absolute atomic E-state index is 0.209. The molecule has 3 nitrogen and oxygen atoms in total. The number of benzene rings is 1. The van der Waals surface area contributed by atoms with Crippen LogP contribution >= 0.6 is 15.9 Å². The van der Waals surface area contributed by atoms with Crippen molar-refractivity contribution in [3.8, 4) is 5.75 Å². The topological polar surface area (TPSA) is 46.5 Å². The Bertz CT molecular complexity index is 363. The highest BCUT2D eigenvalue weighted by molar-refractivity contribution is 9.10. The van der Waals surface area contributed by atoms with Crippen molar-refractivity contribution in [3.05, 3.63) is 28.2 Å². The number of ether oxygens (including phenoxy) is 1. The molecule has 0 saturated carbocycles. The Balaban J connectivity index is 2.31. The Hall–Kier alpha value is -1.03. The second-order valence-corrected chi connectivity index (χ2v) is 4.52. The van der Waals surface area contributed by atoms with E-state index in [1.807, 2.05) is 25.1 Å². The van der Waals surface area contributed by atoms with Gasteiger partial charge in [0.15, 0.2) is 0 Å². The minimum Gasteiger partial charge on any atom is -0.493 e.